The molecular weight excluding hydrogens is 242 g/mol. The van der Waals surface area contributed by atoms with Gasteiger partial charge in [-0.2, -0.15) is 0 Å². The normalized spacial score (nSPS) is 12.1. The lowest BCUT2D eigenvalue weighted by Crippen LogP contribution is -2.28. The Morgan fingerprint density at radius 3 is 3.00 bits per heavy atom. The maximum Gasteiger partial charge on any atom is 0.230 e. The number of nitrogens with zero attached hydrogens (tertiary/aromatic N) is 4. The van der Waals surface area contributed by atoms with E-state index in [1.165, 1.54) is 17.2 Å². The summed E-state index contributed by atoms with van der Waals surface area (Å²) in [7, 11) is -3.35. The van der Waals surface area contributed by atoms with Crippen LogP contribution in [0.5, 0.6) is 0 Å². The molecule has 0 aliphatic heterocycles. The van der Waals surface area contributed by atoms with Crippen molar-refractivity contribution in [2.45, 2.75) is 19.2 Å². The Hall–Kier alpha value is -1.54. The molecule has 0 unspecified atom stereocenters. The summed E-state index contributed by atoms with van der Waals surface area (Å²) in [4.78, 5) is 11.9. The van der Waals surface area contributed by atoms with E-state index in [0.29, 0.717) is 17.7 Å². The van der Waals surface area contributed by atoms with Crippen molar-refractivity contribution in [2.75, 3.05) is 6.54 Å². The van der Waals surface area contributed by atoms with Crippen LogP contribution < -0.4 is 4.72 Å². The molecule has 2 heterocycles. The van der Waals surface area contributed by atoms with Crippen LogP contribution in [0.3, 0.4) is 0 Å². The van der Waals surface area contributed by atoms with Crippen LogP contribution in [0, 0.1) is 0 Å². The molecule has 17 heavy (non-hydrogen) atoms. The monoisotopic (exact) mass is 255 g/mol. The highest BCUT2D eigenvalue weighted by Crippen LogP contribution is 2.08. The summed E-state index contributed by atoms with van der Waals surface area (Å²) < 4.78 is 27.4. The maximum atomic E-state index is 11.7. The number of nitrogens with one attached hydrogen (secondary N) is 1. The molecule has 7 nitrogen and oxygen atoms in total. The lowest BCUT2D eigenvalue weighted by molar-refractivity contribution is 0.569. The van der Waals surface area contributed by atoms with E-state index >= 15 is 0 Å². The predicted molar refractivity (Wildman–Crippen MR) is 62.5 cm³/mol. The molecule has 0 bridgehead atoms. The third-order valence-corrected chi connectivity index (χ3v) is 3.42. The van der Waals surface area contributed by atoms with E-state index in [4.69, 9.17) is 0 Å². The van der Waals surface area contributed by atoms with Crippen LogP contribution in [0.15, 0.2) is 18.9 Å². The van der Waals surface area contributed by atoms with Crippen molar-refractivity contribution in [3.8, 4) is 0 Å². The van der Waals surface area contributed by atoms with Crippen LogP contribution >= 0.6 is 0 Å². The van der Waals surface area contributed by atoms with Gasteiger partial charge in [0.15, 0.2) is 5.65 Å². The zero-order valence-electron chi connectivity index (χ0n) is 9.37. The Morgan fingerprint density at radius 1 is 1.41 bits per heavy atom. The lowest BCUT2D eigenvalue weighted by atomic mass is 10.5. The predicted octanol–water partition coefficient (Wildman–Crippen LogP) is 0.113. The van der Waals surface area contributed by atoms with E-state index in [2.05, 4.69) is 19.7 Å². The van der Waals surface area contributed by atoms with Crippen molar-refractivity contribution in [1.82, 2.24) is 24.2 Å². The Balaban J connectivity index is 2.24. The van der Waals surface area contributed by atoms with Gasteiger partial charge in [-0.25, -0.2) is 28.1 Å². The molecule has 0 radical (unpaired) electrons. The van der Waals surface area contributed by atoms with Crippen LogP contribution in [-0.4, -0.2) is 34.5 Å². The van der Waals surface area contributed by atoms with Crippen molar-refractivity contribution in [1.29, 1.82) is 0 Å². The Labute approximate surface area is 99.0 Å². The van der Waals surface area contributed by atoms with Gasteiger partial charge in [0.1, 0.15) is 17.7 Å². The van der Waals surface area contributed by atoms with E-state index in [9.17, 15) is 8.42 Å². The molecule has 1 N–H and O–H groups in total. The van der Waals surface area contributed by atoms with Crippen LogP contribution in [0.1, 0.15) is 13.3 Å². The Morgan fingerprint density at radius 2 is 2.24 bits per heavy atom. The van der Waals surface area contributed by atoms with Gasteiger partial charge in [-0.3, -0.25) is 4.57 Å². The second-order valence-corrected chi connectivity index (χ2v) is 5.36. The first-order valence-corrected chi connectivity index (χ1v) is 6.86. The van der Waals surface area contributed by atoms with Crippen molar-refractivity contribution in [3.05, 3.63) is 18.9 Å². The molecule has 0 fully saturated rings. The second-order valence-electron chi connectivity index (χ2n) is 3.58. The fraction of sp³-hybridized carbons (Fsp3) is 0.444. The summed E-state index contributed by atoms with van der Waals surface area (Å²) in [5.74, 6) is -0.180. The molecule has 0 atom stereocenters. The fourth-order valence-electron chi connectivity index (χ4n) is 1.40. The van der Waals surface area contributed by atoms with Gasteiger partial charge in [0, 0.05) is 6.54 Å². The number of fused-ring (bicyclic) bond motifs is 1. The Bertz CT molecular complexity index is 607. The Kier molecular flexibility index (Phi) is 3.34. The van der Waals surface area contributed by atoms with E-state index in [-0.39, 0.29) is 5.88 Å². The highest BCUT2D eigenvalue weighted by Gasteiger charge is 2.13. The highest BCUT2D eigenvalue weighted by atomic mass is 32.2. The second kappa shape index (κ2) is 4.76. The SMILES string of the molecule is CCCNS(=O)(=O)Cn1cnc2cncnc21. The molecule has 0 aromatic carbocycles. The van der Waals surface area contributed by atoms with Gasteiger partial charge in [-0.15, -0.1) is 0 Å². The highest BCUT2D eigenvalue weighted by molar-refractivity contribution is 7.88. The van der Waals surface area contributed by atoms with E-state index in [1.54, 1.807) is 6.20 Å². The molecule has 2 aromatic heterocycles. The standard InChI is InChI=1S/C9H13N5O2S/c1-2-3-13-17(15,16)7-14-6-12-8-4-10-5-11-9(8)14/h4-6,13H,2-3,7H2,1H3. The molecule has 0 spiro atoms. The van der Waals surface area contributed by atoms with Crippen LogP contribution in [0.2, 0.25) is 0 Å². The summed E-state index contributed by atoms with van der Waals surface area (Å²) in [5.41, 5.74) is 1.10. The van der Waals surface area contributed by atoms with Crippen molar-refractivity contribution >= 4 is 21.2 Å². The summed E-state index contributed by atoms with van der Waals surface area (Å²) in [6.45, 7) is 2.34. The van der Waals surface area contributed by atoms with E-state index < -0.39 is 10.0 Å². The van der Waals surface area contributed by atoms with Crippen LogP contribution in [0.4, 0.5) is 0 Å². The molecule has 0 aliphatic rings. The first-order chi connectivity index (χ1) is 8.12. The van der Waals surface area contributed by atoms with Gasteiger partial charge in [-0.1, -0.05) is 6.92 Å². The number of hydrogen-bond donors (Lipinski definition) is 1. The zero-order chi connectivity index (χ0) is 12.3. The van der Waals surface area contributed by atoms with Crippen molar-refractivity contribution in [3.63, 3.8) is 0 Å². The summed E-state index contributed by atoms with van der Waals surface area (Å²) in [6.07, 6.45) is 5.12. The molecule has 2 rings (SSSR count). The first-order valence-electron chi connectivity index (χ1n) is 5.20. The van der Waals surface area contributed by atoms with Gasteiger partial charge < -0.3 is 0 Å². The molecule has 2 aromatic rings. The number of imidazole rings is 1. The summed E-state index contributed by atoms with van der Waals surface area (Å²) in [6, 6.07) is 0. The van der Waals surface area contributed by atoms with Crippen LogP contribution in [0.25, 0.3) is 11.2 Å². The van der Waals surface area contributed by atoms with E-state index in [0.717, 1.165) is 6.42 Å². The smallest absolute Gasteiger partial charge is 0.230 e. The third kappa shape index (κ3) is 2.77. The summed E-state index contributed by atoms with van der Waals surface area (Å²) in [5, 5.41) is 0. The minimum atomic E-state index is -3.35. The molecule has 0 aliphatic carbocycles. The largest absolute Gasteiger partial charge is 0.299 e. The van der Waals surface area contributed by atoms with Crippen molar-refractivity contribution < 1.29 is 8.42 Å². The summed E-state index contributed by atoms with van der Waals surface area (Å²) >= 11 is 0. The number of sulfonamides is 1. The van der Waals surface area contributed by atoms with Gasteiger partial charge in [0.2, 0.25) is 10.0 Å². The molecule has 0 saturated carbocycles. The zero-order valence-corrected chi connectivity index (χ0v) is 10.2. The minimum Gasteiger partial charge on any atom is -0.299 e. The average molecular weight is 255 g/mol. The number of hydrogen-bond acceptors (Lipinski definition) is 5. The maximum absolute atomic E-state index is 11.7. The molecular formula is C9H13N5O2S. The van der Waals surface area contributed by atoms with Crippen molar-refractivity contribution in [2.24, 2.45) is 0 Å². The minimum absolute atomic E-state index is 0.180. The van der Waals surface area contributed by atoms with Gasteiger partial charge in [0.05, 0.1) is 12.5 Å². The van der Waals surface area contributed by atoms with E-state index in [1.807, 2.05) is 6.92 Å². The third-order valence-electron chi connectivity index (χ3n) is 2.16. The average Bonchev–Trinajstić information content (AvgIpc) is 2.70. The quantitative estimate of drug-likeness (QED) is 0.819. The van der Waals surface area contributed by atoms with Gasteiger partial charge in [0.25, 0.3) is 0 Å². The number of aromatic nitrogens is 4. The number of rotatable bonds is 5. The first kappa shape index (κ1) is 11.9. The lowest BCUT2D eigenvalue weighted by Gasteiger charge is -2.06. The molecule has 8 heteroatoms. The molecule has 0 saturated heterocycles. The topological polar surface area (TPSA) is 89.8 Å². The molecule has 0 amide bonds. The molecule has 92 valence electrons. The van der Waals surface area contributed by atoms with Gasteiger partial charge >= 0.3 is 0 Å². The van der Waals surface area contributed by atoms with Gasteiger partial charge in [-0.05, 0) is 6.42 Å². The fourth-order valence-corrected chi connectivity index (χ4v) is 2.56. The van der Waals surface area contributed by atoms with Crippen LogP contribution in [-0.2, 0) is 15.9 Å².